The van der Waals surface area contributed by atoms with Crippen LogP contribution in [0.15, 0.2) is 36.7 Å². The Labute approximate surface area is 141 Å². The van der Waals surface area contributed by atoms with E-state index in [0.717, 1.165) is 24.2 Å². The second kappa shape index (κ2) is 8.40. The maximum atomic E-state index is 4.49. The van der Waals surface area contributed by atoms with Crippen molar-refractivity contribution in [2.24, 2.45) is 0 Å². The van der Waals surface area contributed by atoms with Gasteiger partial charge in [0.15, 0.2) is 0 Å². The molecular weight excluding hydrogens is 434 g/mol. The first-order valence-corrected chi connectivity index (χ1v) is 7.58. The Hall–Kier alpha value is -1.06. The summed E-state index contributed by atoms with van der Waals surface area (Å²) in [5.41, 5.74) is 4.64. The summed E-state index contributed by atoms with van der Waals surface area (Å²) in [4.78, 5) is 8.98. The minimum atomic E-state index is 0. The third-order valence-electron chi connectivity index (χ3n) is 4.19. The standard InChI is InChI=1S/C18H24N2.Os/c1-5-13(3)15-7-9-19-17(11-15)18-12-16(8-10-20-18)14(4)6-2;/h7-14H,5-6H2,1-4H3;. The molecule has 2 atom stereocenters. The van der Waals surface area contributed by atoms with Gasteiger partial charge in [-0.1, -0.05) is 27.7 Å². The molecule has 0 aliphatic carbocycles. The Kier molecular flexibility index (Phi) is 7.19. The molecule has 2 nitrogen and oxygen atoms in total. The van der Waals surface area contributed by atoms with Gasteiger partial charge >= 0.3 is 0 Å². The molecule has 0 aromatic carbocycles. The minimum Gasteiger partial charge on any atom is -0.255 e. The molecule has 2 rings (SSSR count). The van der Waals surface area contributed by atoms with Gasteiger partial charge < -0.3 is 0 Å². The normalized spacial score (nSPS) is 13.3. The molecule has 2 aromatic rings. The van der Waals surface area contributed by atoms with Crippen LogP contribution in [-0.4, -0.2) is 9.97 Å². The molecular formula is C18H24N2Os. The molecule has 0 bridgehead atoms. The molecule has 21 heavy (non-hydrogen) atoms. The van der Waals surface area contributed by atoms with E-state index in [2.05, 4.69) is 61.9 Å². The summed E-state index contributed by atoms with van der Waals surface area (Å²) in [6.45, 7) is 8.93. The van der Waals surface area contributed by atoms with E-state index < -0.39 is 0 Å². The number of aromatic nitrogens is 2. The van der Waals surface area contributed by atoms with Crippen LogP contribution in [0.5, 0.6) is 0 Å². The van der Waals surface area contributed by atoms with Gasteiger partial charge in [0, 0.05) is 32.2 Å². The Balaban J connectivity index is 0.00000220. The van der Waals surface area contributed by atoms with Crippen LogP contribution >= 0.6 is 0 Å². The van der Waals surface area contributed by atoms with Gasteiger partial charge in [0.2, 0.25) is 0 Å². The largest absolute Gasteiger partial charge is 0.255 e. The van der Waals surface area contributed by atoms with Crippen LogP contribution in [0.4, 0.5) is 0 Å². The number of nitrogens with zero attached hydrogens (tertiary/aromatic N) is 2. The Morgan fingerprint density at radius 1 is 0.810 bits per heavy atom. The number of hydrogen-bond donors (Lipinski definition) is 0. The van der Waals surface area contributed by atoms with E-state index in [0.29, 0.717) is 11.8 Å². The van der Waals surface area contributed by atoms with E-state index in [4.69, 9.17) is 0 Å². The molecule has 0 amide bonds. The summed E-state index contributed by atoms with van der Waals surface area (Å²) in [6.07, 6.45) is 6.08. The van der Waals surface area contributed by atoms with Crippen molar-refractivity contribution in [3.8, 4) is 11.4 Å². The van der Waals surface area contributed by atoms with Crippen molar-refractivity contribution in [2.75, 3.05) is 0 Å². The second-order valence-corrected chi connectivity index (χ2v) is 5.57. The minimum absolute atomic E-state index is 0. The fourth-order valence-electron chi connectivity index (χ4n) is 2.26. The predicted molar refractivity (Wildman–Crippen MR) is 84.9 cm³/mol. The molecule has 0 saturated heterocycles. The van der Waals surface area contributed by atoms with Crippen molar-refractivity contribution in [2.45, 2.75) is 52.4 Å². The van der Waals surface area contributed by atoms with Gasteiger partial charge in [-0.25, -0.2) is 0 Å². The average Bonchev–Trinajstić information content (AvgIpc) is 2.53. The monoisotopic (exact) mass is 460 g/mol. The third kappa shape index (κ3) is 4.45. The quantitative estimate of drug-likeness (QED) is 0.618. The smallest absolute Gasteiger partial charge is 0.0889 e. The van der Waals surface area contributed by atoms with Crippen LogP contribution in [-0.2, 0) is 19.8 Å². The summed E-state index contributed by atoms with van der Waals surface area (Å²) < 4.78 is 0. The van der Waals surface area contributed by atoms with Gasteiger partial charge in [0.25, 0.3) is 0 Å². The van der Waals surface area contributed by atoms with Crippen LogP contribution in [0.3, 0.4) is 0 Å². The van der Waals surface area contributed by atoms with Crippen molar-refractivity contribution >= 4 is 0 Å². The molecule has 3 heteroatoms. The van der Waals surface area contributed by atoms with E-state index >= 15 is 0 Å². The maximum absolute atomic E-state index is 4.49. The summed E-state index contributed by atoms with van der Waals surface area (Å²) in [6, 6.07) is 8.57. The molecule has 0 radical (unpaired) electrons. The van der Waals surface area contributed by atoms with E-state index in [1.165, 1.54) is 11.1 Å². The zero-order chi connectivity index (χ0) is 14.5. The van der Waals surface area contributed by atoms with Crippen molar-refractivity contribution in [3.05, 3.63) is 47.8 Å². The van der Waals surface area contributed by atoms with E-state index in [-0.39, 0.29) is 19.8 Å². The van der Waals surface area contributed by atoms with Crippen LogP contribution in [0.1, 0.15) is 63.5 Å². The molecule has 0 spiro atoms. The van der Waals surface area contributed by atoms with Gasteiger partial charge in [-0.15, -0.1) is 0 Å². The third-order valence-corrected chi connectivity index (χ3v) is 4.19. The van der Waals surface area contributed by atoms with Crippen LogP contribution in [0.2, 0.25) is 0 Å². The van der Waals surface area contributed by atoms with Gasteiger partial charge in [0.05, 0.1) is 11.4 Å². The van der Waals surface area contributed by atoms with Gasteiger partial charge in [0.1, 0.15) is 0 Å². The fraction of sp³-hybridized carbons (Fsp3) is 0.444. The second-order valence-electron chi connectivity index (χ2n) is 5.57. The van der Waals surface area contributed by atoms with Crippen molar-refractivity contribution in [3.63, 3.8) is 0 Å². The fourth-order valence-corrected chi connectivity index (χ4v) is 2.26. The number of hydrogen-bond acceptors (Lipinski definition) is 2. The van der Waals surface area contributed by atoms with Gasteiger partial charge in [-0.3, -0.25) is 9.97 Å². The molecule has 0 N–H and O–H groups in total. The first-order valence-electron chi connectivity index (χ1n) is 7.58. The zero-order valence-corrected chi connectivity index (χ0v) is 15.8. The topological polar surface area (TPSA) is 25.8 Å². The molecule has 0 aliphatic rings. The van der Waals surface area contributed by atoms with Crippen molar-refractivity contribution < 1.29 is 19.8 Å². The van der Waals surface area contributed by atoms with Crippen LogP contribution in [0, 0.1) is 0 Å². The van der Waals surface area contributed by atoms with E-state index in [1.54, 1.807) is 0 Å². The molecule has 0 saturated carbocycles. The predicted octanol–water partition coefficient (Wildman–Crippen LogP) is 5.17. The molecule has 2 heterocycles. The number of pyridine rings is 2. The molecule has 2 aromatic heterocycles. The molecule has 0 fully saturated rings. The van der Waals surface area contributed by atoms with E-state index in [1.807, 2.05) is 12.4 Å². The van der Waals surface area contributed by atoms with Crippen LogP contribution < -0.4 is 0 Å². The van der Waals surface area contributed by atoms with Crippen LogP contribution in [0.25, 0.3) is 11.4 Å². The van der Waals surface area contributed by atoms with Gasteiger partial charge in [-0.05, 0) is 60.1 Å². The summed E-state index contributed by atoms with van der Waals surface area (Å²) in [7, 11) is 0. The molecule has 0 aliphatic heterocycles. The maximum Gasteiger partial charge on any atom is 0.0889 e. The summed E-state index contributed by atoms with van der Waals surface area (Å²) >= 11 is 0. The summed E-state index contributed by atoms with van der Waals surface area (Å²) in [5, 5.41) is 0. The Morgan fingerprint density at radius 2 is 1.19 bits per heavy atom. The van der Waals surface area contributed by atoms with Crippen molar-refractivity contribution in [1.29, 1.82) is 0 Å². The average molecular weight is 459 g/mol. The first kappa shape index (κ1) is 18.0. The number of rotatable bonds is 5. The van der Waals surface area contributed by atoms with E-state index in [9.17, 15) is 0 Å². The molecule has 114 valence electrons. The SMILES string of the molecule is CCC(C)c1ccnc(-c2cc(C(C)CC)ccn2)c1.[Os]. The molecule has 2 unspecified atom stereocenters. The van der Waals surface area contributed by atoms with Crippen molar-refractivity contribution in [1.82, 2.24) is 9.97 Å². The summed E-state index contributed by atoms with van der Waals surface area (Å²) in [5.74, 6) is 1.13. The Morgan fingerprint density at radius 3 is 1.52 bits per heavy atom. The van der Waals surface area contributed by atoms with Gasteiger partial charge in [-0.2, -0.15) is 0 Å². The Bertz CT molecular complexity index is 517. The zero-order valence-electron chi connectivity index (χ0n) is 13.3. The first-order chi connectivity index (χ1) is 9.65.